The van der Waals surface area contributed by atoms with Gasteiger partial charge in [-0.25, -0.2) is 8.42 Å². The van der Waals surface area contributed by atoms with Gasteiger partial charge < -0.3 is 4.57 Å². The first kappa shape index (κ1) is 10.9. The zero-order valence-corrected chi connectivity index (χ0v) is 9.71. The Labute approximate surface area is 93.4 Å². The van der Waals surface area contributed by atoms with Crippen LogP contribution in [-0.2, 0) is 15.7 Å². The van der Waals surface area contributed by atoms with Crippen molar-refractivity contribution < 1.29 is 8.42 Å². The minimum Gasteiger partial charge on any atom is -0.312 e. The molecule has 1 saturated heterocycles. The maximum absolute atomic E-state index is 11.5. The minimum absolute atomic E-state index is 0.0486. The third kappa shape index (κ3) is 2.31. The van der Waals surface area contributed by atoms with E-state index < -0.39 is 9.84 Å². The maximum Gasteiger partial charge on any atom is 0.152 e. The van der Waals surface area contributed by atoms with Crippen molar-refractivity contribution in [2.75, 3.05) is 11.5 Å². The van der Waals surface area contributed by atoms with Crippen molar-refractivity contribution in [1.82, 2.24) is 14.8 Å². The fourth-order valence-electron chi connectivity index (χ4n) is 1.89. The molecule has 2 rings (SSSR count). The van der Waals surface area contributed by atoms with Crippen LogP contribution in [-0.4, -0.2) is 34.7 Å². The summed E-state index contributed by atoms with van der Waals surface area (Å²) < 4.78 is 24.7. The summed E-state index contributed by atoms with van der Waals surface area (Å²) in [6.07, 6.45) is 3.11. The van der Waals surface area contributed by atoms with Gasteiger partial charge in [0.2, 0.25) is 0 Å². The van der Waals surface area contributed by atoms with E-state index in [1.165, 1.54) is 0 Å². The van der Waals surface area contributed by atoms with E-state index in [0.29, 0.717) is 18.0 Å². The zero-order chi connectivity index (χ0) is 10.9. The molecule has 0 saturated carbocycles. The Morgan fingerprint density at radius 3 is 3.07 bits per heavy atom. The predicted octanol–water partition coefficient (Wildman–Crippen LogP) is 0.767. The third-order valence-electron chi connectivity index (χ3n) is 2.60. The summed E-state index contributed by atoms with van der Waals surface area (Å²) in [5.74, 6) is 1.37. The van der Waals surface area contributed by atoms with Gasteiger partial charge >= 0.3 is 0 Å². The molecule has 2 heterocycles. The van der Waals surface area contributed by atoms with Crippen LogP contribution in [0.4, 0.5) is 0 Å². The molecule has 84 valence electrons. The fourth-order valence-corrected chi connectivity index (χ4v) is 3.76. The van der Waals surface area contributed by atoms with E-state index in [1.807, 2.05) is 0 Å². The normalized spacial score (nSPS) is 25.3. The standard InChI is InChI=1S/C8H12ClN3O2S/c9-4-8-11-10-6-12(8)7-2-1-3-15(13,14)5-7/h6-7H,1-5H2. The second kappa shape index (κ2) is 4.09. The highest BCUT2D eigenvalue weighted by Gasteiger charge is 2.27. The summed E-state index contributed by atoms with van der Waals surface area (Å²) in [5, 5.41) is 7.59. The molecular weight excluding hydrogens is 238 g/mol. The molecule has 0 N–H and O–H groups in total. The maximum atomic E-state index is 11.5. The first-order valence-corrected chi connectivity index (χ1v) is 7.13. The van der Waals surface area contributed by atoms with Gasteiger partial charge in [0.15, 0.2) is 9.84 Å². The summed E-state index contributed by atoms with van der Waals surface area (Å²) >= 11 is 5.69. The Balaban J connectivity index is 2.24. The summed E-state index contributed by atoms with van der Waals surface area (Å²) in [4.78, 5) is 0. The van der Waals surface area contributed by atoms with Crippen molar-refractivity contribution in [3.05, 3.63) is 12.2 Å². The molecule has 1 unspecified atom stereocenters. The lowest BCUT2D eigenvalue weighted by atomic mass is 10.2. The molecule has 0 radical (unpaired) electrons. The van der Waals surface area contributed by atoms with Crippen LogP contribution in [0.2, 0.25) is 0 Å². The molecule has 5 nitrogen and oxygen atoms in total. The van der Waals surface area contributed by atoms with Gasteiger partial charge in [-0.05, 0) is 12.8 Å². The SMILES string of the molecule is O=S1(=O)CCCC(n2cnnc2CCl)C1. The fraction of sp³-hybridized carbons (Fsp3) is 0.750. The van der Waals surface area contributed by atoms with Crippen LogP contribution in [0.3, 0.4) is 0 Å². The van der Waals surface area contributed by atoms with Gasteiger partial charge in [-0.1, -0.05) is 0 Å². The molecule has 15 heavy (non-hydrogen) atoms. The van der Waals surface area contributed by atoms with Crippen LogP contribution in [0, 0.1) is 0 Å². The quantitative estimate of drug-likeness (QED) is 0.726. The van der Waals surface area contributed by atoms with E-state index >= 15 is 0 Å². The van der Waals surface area contributed by atoms with E-state index in [4.69, 9.17) is 11.6 Å². The Bertz CT molecular complexity index is 442. The molecule has 0 aromatic carbocycles. The number of nitrogens with zero attached hydrogens (tertiary/aromatic N) is 3. The van der Waals surface area contributed by atoms with E-state index in [2.05, 4.69) is 10.2 Å². The minimum atomic E-state index is -2.90. The van der Waals surface area contributed by atoms with Crippen LogP contribution < -0.4 is 0 Å². The highest BCUT2D eigenvalue weighted by Crippen LogP contribution is 2.24. The molecule has 0 amide bonds. The highest BCUT2D eigenvalue weighted by atomic mass is 35.5. The second-order valence-corrected chi connectivity index (χ2v) is 6.19. The number of sulfone groups is 1. The third-order valence-corrected chi connectivity index (χ3v) is 4.64. The molecule has 1 fully saturated rings. The summed E-state index contributed by atoms with van der Waals surface area (Å²) in [5.41, 5.74) is 0. The van der Waals surface area contributed by atoms with Crippen LogP contribution in [0.5, 0.6) is 0 Å². The van der Waals surface area contributed by atoms with Crippen molar-refractivity contribution in [1.29, 1.82) is 0 Å². The van der Waals surface area contributed by atoms with Gasteiger partial charge in [0.05, 0.1) is 23.4 Å². The second-order valence-electron chi connectivity index (χ2n) is 3.70. The van der Waals surface area contributed by atoms with Crippen molar-refractivity contribution in [3.8, 4) is 0 Å². The average Bonchev–Trinajstić information content (AvgIpc) is 2.63. The van der Waals surface area contributed by atoms with Gasteiger partial charge in [0, 0.05) is 0 Å². The molecule has 1 aliphatic heterocycles. The number of halogens is 1. The average molecular weight is 250 g/mol. The smallest absolute Gasteiger partial charge is 0.152 e. The first-order chi connectivity index (χ1) is 7.12. The largest absolute Gasteiger partial charge is 0.312 e. The predicted molar refractivity (Wildman–Crippen MR) is 56.5 cm³/mol. The lowest BCUT2D eigenvalue weighted by Gasteiger charge is -2.23. The summed E-state index contributed by atoms with van der Waals surface area (Å²) in [7, 11) is -2.90. The molecule has 0 aliphatic carbocycles. The number of rotatable bonds is 2. The highest BCUT2D eigenvalue weighted by molar-refractivity contribution is 7.91. The van der Waals surface area contributed by atoms with Gasteiger partial charge in [0.25, 0.3) is 0 Å². The van der Waals surface area contributed by atoms with Crippen LogP contribution >= 0.6 is 11.6 Å². The van der Waals surface area contributed by atoms with E-state index in [1.54, 1.807) is 10.9 Å². The Kier molecular flexibility index (Phi) is 2.97. The molecular formula is C8H12ClN3O2S. The summed E-state index contributed by atoms with van der Waals surface area (Å²) in [6.45, 7) is 0. The van der Waals surface area contributed by atoms with E-state index in [9.17, 15) is 8.42 Å². The topological polar surface area (TPSA) is 64.8 Å². The Hall–Kier alpha value is -0.620. The summed E-state index contributed by atoms with van der Waals surface area (Å²) in [6, 6.07) is -0.0486. The number of hydrogen-bond acceptors (Lipinski definition) is 4. The van der Waals surface area contributed by atoms with Gasteiger partial charge in [-0.15, -0.1) is 21.8 Å². The number of aromatic nitrogens is 3. The lowest BCUT2D eigenvalue weighted by Crippen LogP contribution is -2.28. The van der Waals surface area contributed by atoms with E-state index in [0.717, 1.165) is 6.42 Å². The Morgan fingerprint density at radius 1 is 1.60 bits per heavy atom. The molecule has 1 aromatic rings. The zero-order valence-electron chi connectivity index (χ0n) is 8.13. The molecule has 1 aliphatic rings. The molecule has 0 bridgehead atoms. The first-order valence-electron chi connectivity index (χ1n) is 4.77. The van der Waals surface area contributed by atoms with Crippen molar-refractivity contribution in [2.45, 2.75) is 24.8 Å². The molecule has 0 spiro atoms. The van der Waals surface area contributed by atoms with Crippen molar-refractivity contribution in [2.24, 2.45) is 0 Å². The van der Waals surface area contributed by atoms with Gasteiger partial charge in [-0.2, -0.15) is 0 Å². The molecule has 1 aromatic heterocycles. The van der Waals surface area contributed by atoms with Crippen LogP contribution in [0.25, 0.3) is 0 Å². The van der Waals surface area contributed by atoms with Crippen LogP contribution in [0.1, 0.15) is 24.7 Å². The van der Waals surface area contributed by atoms with Gasteiger partial charge in [0.1, 0.15) is 12.2 Å². The number of alkyl halides is 1. The van der Waals surface area contributed by atoms with Crippen LogP contribution in [0.15, 0.2) is 6.33 Å². The van der Waals surface area contributed by atoms with E-state index in [-0.39, 0.29) is 17.7 Å². The van der Waals surface area contributed by atoms with Gasteiger partial charge in [-0.3, -0.25) is 0 Å². The molecule has 7 heteroatoms. The number of hydrogen-bond donors (Lipinski definition) is 0. The lowest BCUT2D eigenvalue weighted by molar-refractivity contribution is 0.461. The van der Waals surface area contributed by atoms with Crippen molar-refractivity contribution in [3.63, 3.8) is 0 Å². The Morgan fingerprint density at radius 2 is 2.40 bits per heavy atom. The molecule has 1 atom stereocenters. The monoisotopic (exact) mass is 249 g/mol. The van der Waals surface area contributed by atoms with Crippen molar-refractivity contribution >= 4 is 21.4 Å².